The van der Waals surface area contributed by atoms with Crippen molar-refractivity contribution in [2.45, 2.75) is 37.8 Å². The molecule has 1 saturated heterocycles. The van der Waals surface area contributed by atoms with E-state index in [2.05, 4.69) is 0 Å². The van der Waals surface area contributed by atoms with Gasteiger partial charge in [-0.2, -0.15) is 0 Å². The molecule has 1 unspecified atom stereocenters. The summed E-state index contributed by atoms with van der Waals surface area (Å²) >= 11 is 6.04. The number of amides is 1. The molecular weight excluding hydrogens is 250 g/mol. The van der Waals surface area contributed by atoms with E-state index >= 15 is 0 Å². The highest BCUT2D eigenvalue weighted by molar-refractivity contribution is 6.31. The molecule has 1 aromatic heterocycles. The quantitative estimate of drug-likeness (QED) is 0.911. The number of carbonyl (C=O) groups excluding carboxylic acids is 1. The number of hydrogen-bond acceptors (Lipinski definition) is 2. The van der Waals surface area contributed by atoms with E-state index in [0.29, 0.717) is 17.6 Å². The van der Waals surface area contributed by atoms with Crippen LogP contribution in [0.1, 0.15) is 42.2 Å². The second-order valence-corrected chi connectivity index (χ2v) is 5.65. The topological polar surface area (TPSA) is 51.3 Å². The predicted octanol–water partition coefficient (Wildman–Crippen LogP) is 2.04. The number of nitrogens with two attached hydrogens (primary N) is 1. The Balaban J connectivity index is 1.87. The molecule has 2 N–H and O–H groups in total. The van der Waals surface area contributed by atoms with Gasteiger partial charge in [-0.15, -0.1) is 0 Å². The Kier molecular flexibility index (Phi) is 3.08. The first-order valence-corrected chi connectivity index (χ1v) is 6.97. The first-order valence-electron chi connectivity index (χ1n) is 6.59. The number of aromatic nitrogens is 1. The van der Waals surface area contributed by atoms with Crippen LogP contribution in [0.5, 0.6) is 0 Å². The molecule has 3 rings (SSSR count). The maximum absolute atomic E-state index is 12.6. The van der Waals surface area contributed by atoms with E-state index in [1.807, 2.05) is 15.7 Å². The largest absolute Gasteiger partial charge is 0.339 e. The van der Waals surface area contributed by atoms with Crippen LogP contribution in [0.15, 0.2) is 12.3 Å². The van der Waals surface area contributed by atoms with E-state index < -0.39 is 0 Å². The van der Waals surface area contributed by atoms with E-state index in [4.69, 9.17) is 17.3 Å². The molecule has 1 saturated carbocycles. The summed E-state index contributed by atoms with van der Waals surface area (Å²) in [6, 6.07) is 2.45. The number of halogens is 1. The Morgan fingerprint density at radius 3 is 2.89 bits per heavy atom. The fraction of sp³-hybridized carbons (Fsp3) is 0.615. The van der Waals surface area contributed by atoms with Gasteiger partial charge in [-0.05, 0) is 31.7 Å². The number of rotatable bonds is 3. The normalized spacial score (nSPS) is 23.7. The summed E-state index contributed by atoms with van der Waals surface area (Å²) in [4.78, 5) is 14.5. The summed E-state index contributed by atoms with van der Waals surface area (Å²) in [5.41, 5.74) is 6.45. The summed E-state index contributed by atoms with van der Waals surface area (Å²) in [6.45, 7) is 1.36. The molecule has 5 heteroatoms. The van der Waals surface area contributed by atoms with E-state index in [-0.39, 0.29) is 11.9 Å². The molecule has 1 aliphatic heterocycles. The average Bonchev–Trinajstić information content (AvgIpc) is 2.97. The van der Waals surface area contributed by atoms with Crippen molar-refractivity contribution >= 4 is 17.5 Å². The molecule has 1 aliphatic carbocycles. The Bertz CT molecular complexity index is 467. The van der Waals surface area contributed by atoms with Crippen molar-refractivity contribution in [3.8, 4) is 0 Å². The lowest BCUT2D eigenvalue weighted by Gasteiger charge is -2.24. The minimum absolute atomic E-state index is 0.0850. The standard InChI is InChI=1S/C13H18ClN3O/c14-9-6-12(17(8-9)10-3-4-10)13(18)16-5-1-2-11(16)7-15/h6,8,10-11H,1-5,7,15H2. The number of hydrogen-bond donors (Lipinski definition) is 1. The van der Waals surface area contributed by atoms with Gasteiger partial charge in [-0.3, -0.25) is 4.79 Å². The third-order valence-corrected chi connectivity index (χ3v) is 4.09. The molecule has 2 fully saturated rings. The zero-order chi connectivity index (χ0) is 12.7. The van der Waals surface area contributed by atoms with Crippen LogP contribution in [0.3, 0.4) is 0 Å². The molecule has 2 heterocycles. The predicted molar refractivity (Wildman–Crippen MR) is 70.8 cm³/mol. The number of nitrogens with zero attached hydrogens (tertiary/aromatic N) is 2. The minimum Gasteiger partial charge on any atom is -0.339 e. The van der Waals surface area contributed by atoms with Crippen molar-refractivity contribution in [2.75, 3.05) is 13.1 Å². The molecule has 0 radical (unpaired) electrons. The molecule has 0 spiro atoms. The third kappa shape index (κ3) is 2.04. The minimum atomic E-state index is 0.0850. The van der Waals surface area contributed by atoms with Gasteiger partial charge in [0, 0.05) is 31.4 Å². The van der Waals surface area contributed by atoms with Crippen LogP contribution in [-0.2, 0) is 0 Å². The van der Waals surface area contributed by atoms with Crippen LogP contribution in [0.4, 0.5) is 0 Å². The van der Waals surface area contributed by atoms with Crippen LogP contribution in [0.2, 0.25) is 5.02 Å². The van der Waals surface area contributed by atoms with Crippen LogP contribution < -0.4 is 5.73 Å². The molecule has 98 valence electrons. The molecule has 1 atom stereocenters. The molecule has 1 amide bonds. The molecule has 18 heavy (non-hydrogen) atoms. The number of carbonyl (C=O) groups is 1. The summed E-state index contributed by atoms with van der Waals surface area (Å²) in [5.74, 6) is 0.0850. The maximum Gasteiger partial charge on any atom is 0.270 e. The summed E-state index contributed by atoms with van der Waals surface area (Å²) in [6.07, 6.45) is 6.22. The van der Waals surface area contributed by atoms with Crippen molar-refractivity contribution < 1.29 is 4.79 Å². The molecular formula is C13H18ClN3O. The SMILES string of the molecule is NCC1CCCN1C(=O)c1cc(Cl)cn1C1CC1. The smallest absolute Gasteiger partial charge is 0.270 e. The average molecular weight is 268 g/mol. The van der Waals surface area contributed by atoms with Crippen molar-refractivity contribution in [2.24, 2.45) is 5.73 Å². The maximum atomic E-state index is 12.6. The Hall–Kier alpha value is -1.00. The fourth-order valence-corrected chi connectivity index (χ4v) is 2.98. The van der Waals surface area contributed by atoms with Crippen LogP contribution in [-0.4, -0.2) is 34.5 Å². The van der Waals surface area contributed by atoms with E-state index in [1.165, 1.54) is 0 Å². The summed E-state index contributed by atoms with van der Waals surface area (Å²) in [7, 11) is 0. The van der Waals surface area contributed by atoms with Crippen LogP contribution in [0, 0.1) is 0 Å². The van der Waals surface area contributed by atoms with Gasteiger partial charge in [-0.1, -0.05) is 11.6 Å². The van der Waals surface area contributed by atoms with Crippen molar-refractivity contribution in [1.29, 1.82) is 0 Å². The zero-order valence-corrected chi connectivity index (χ0v) is 11.1. The van der Waals surface area contributed by atoms with Crippen LogP contribution in [0.25, 0.3) is 0 Å². The van der Waals surface area contributed by atoms with Gasteiger partial charge in [0.1, 0.15) is 5.69 Å². The van der Waals surface area contributed by atoms with Gasteiger partial charge in [0.2, 0.25) is 0 Å². The Labute approximate surface area is 112 Å². The Morgan fingerprint density at radius 1 is 1.44 bits per heavy atom. The molecule has 4 nitrogen and oxygen atoms in total. The molecule has 0 bridgehead atoms. The van der Waals surface area contributed by atoms with Crippen molar-refractivity contribution in [3.05, 3.63) is 23.0 Å². The van der Waals surface area contributed by atoms with E-state index in [0.717, 1.165) is 37.9 Å². The monoisotopic (exact) mass is 267 g/mol. The summed E-state index contributed by atoms with van der Waals surface area (Å²) in [5, 5.41) is 0.647. The molecule has 1 aromatic rings. The second-order valence-electron chi connectivity index (χ2n) is 5.21. The first kappa shape index (κ1) is 12.1. The fourth-order valence-electron chi connectivity index (χ4n) is 2.77. The van der Waals surface area contributed by atoms with Gasteiger partial charge in [0.05, 0.1) is 5.02 Å². The highest BCUT2D eigenvalue weighted by Gasteiger charge is 2.33. The molecule has 0 aromatic carbocycles. The molecule has 2 aliphatic rings. The van der Waals surface area contributed by atoms with E-state index in [9.17, 15) is 4.79 Å². The van der Waals surface area contributed by atoms with Gasteiger partial charge >= 0.3 is 0 Å². The lowest BCUT2D eigenvalue weighted by atomic mass is 10.2. The highest BCUT2D eigenvalue weighted by Crippen LogP contribution is 2.38. The lowest BCUT2D eigenvalue weighted by Crippen LogP contribution is -2.40. The number of likely N-dealkylation sites (tertiary alicyclic amines) is 1. The van der Waals surface area contributed by atoms with Gasteiger partial charge in [0.25, 0.3) is 5.91 Å². The van der Waals surface area contributed by atoms with Gasteiger partial charge in [-0.25, -0.2) is 0 Å². The van der Waals surface area contributed by atoms with Gasteiger partial charge in [0.15, 0.2) is 0 Å². The lowest BCUT2D eigenvalue weighted by molar-refractivity contribution is 0.0730. The van der Waals surface area contributed by atoms with Crippen molar-refractivity contribution in [1.82, 2.24) is 9.47 Å². The summed E-state index contributed by atoms with van der Waals surface area (Å²) < 4.78 is 2.04. The third-order valence-electron chi connectivity index (χ3n) is 3.88. The van der Waals surface area contributed by atoms with Crippen molar-refractivity contribution in [3.63, 3.8) is 0 Å². The van der Waals surface area contributed by atoms with E-state index in [1.54, 1.807) is 6.07 Å². The first-order chi connectivity index (χ1) is 8.70. The zero-order valence-electron chi connectivity index (χ0n) is 10.3. The Morgan fingerprint density at radius 2 is 2.22 bits per heavy atom. The van der Waals surface area contributed by atoms with Gasteiger partial charge < -0.3 is 15.2 Å². The second kappa shape index (κ2) is 4.59. The van der Waals surface area contributed by atoms with Crippen LogP contribution >= 0.6 is 11.6 Å². The highest BCUT2D eigenvalue weighted by atomic mass is 35.5.